The van der Waals surface area contributed by atoms with Crippen LogP contribution >= 0.6 is 0 Å². The molecule has 0 aliphatic carbocycles. The zero-order valence-corrected chi connectivity index (χ0v) is 7.36. The Morgan fingerprint density at radius 3 is 3.00 bits per heavy atom. The van der Waals surface area contributed by atoms with E-state index in [2.05, 4.69) is 14.7 Å². The smallest absolute Gasteiger partial charge is 0.375 e. The van der Waals surface area contributed by atoms with Crippen molar-refractivity contribution in [2.75, 3.05) is 6.73 Å². The van der Waals surface area contributed by atoms with Gasteiger partial charge in [-0.2, -0.15) is 0 Å². The highest BCUT2D eigenvalue weighted by Crippen LogP contribution is 2.10. The molecule has 5 nitrogen and oxygen atoms in total. The van der Waals surface area contributed by atoms with Crippen LogP contribution in [0.15, 0.2) is 24.3 Å². The summed E-state index contributed by atoms with van der Waals surface area (Å²) < 4.78 is 4.60. The maximum absolute atomic E-state index is 11.2. The number of hydrogen-bond donors (Lipinski definition) is 2. The number of imidazole rings is 1. The summed E-state index contributed by atoms with van der Waals surface area (Å²) in [5.41, 5.74) is 6.61. The molecule has 5 heteroatoms. The van der Waals surface area contributed by atoms with Gasteiger partial charge in [0.25, 0.3) is 0 Å². The second-order valence-electron chi connectivity index (χ2n) is 2.70. The van der Waals surface area contributed by atoms with E-state index in [1.54, 1.807) is 0 Å². The first-order chi connectivity index (χ1) is 6.81. The maximum atomic E-state index is 11.2. The summed E-state index contributed by atoms with van der Waals surface area (Å²) in [5.74, 6) is -0.361. The van der Waals surface area contributed by atoms with Gasteiger partial charge in [-0.3, -0.25) is 5.73 Å². The number of hydrogen-bond acceptors (Lipinski definition) is 4. The lowest BCUT2D eigenvalue weighted by atomic mass is 10.3. The molecule has 0 saturated heterocycles. The van der Waals surface area contributed by atoms with Gasteiger partial charge in [0.15, 0.2) is 0 Å². The molecule has 0 radical (unpaired) electrons. The van der Waals surface area contributed by atoms with Gasteiger partial charge in [0.2, 0.25) is 5.82 Å². The van der Waals surface area contributed by atoms with Gasteiger partial charge in [0, 0.05) is 0 Å². The fourth-order valence-corrected chi connectivity index (χ4v) is 1.19. The van der Waals surface area contributed by atoms with Crippen LogP contribution in [0.4, 0.5) is 0 Å². The lowest BCUT2D eigenvalue weighted by molar-refractivity contribution is 0.0503. The maximum Gasteiger partial charge on any atom is 0.375 e. The summed E-state index contributed by atoms with van der Waals surface area (Å²) >= 11 is 0. The zero-order valence-electron chi connectivity index (χ0n) is 7.36. The molecule has 1 heterocycles. The van der Waals surface area contributed by atoms with Crippen LogP contribution < -0.4 is 5.73 Å². The normalized spacial score (nSPS) is 10.4. The minimum Gasteiger partial charge on any atom is -0.444 e. The van der Waals surface area contributed by atoms with E-state index in [1.165, 1.54) is 0 Å². The van der Waals surface area contributed by atoms with Gasteiger partial charge >= 0.3 is 5.97 Å². The molecule has 0 atom stereocenters. The van der Waals surface area contributed by atoms with Crippen LogP contribution in [-0.2, 0) is 4.74 Å². The number of fused-ring (bicyclic) bond motifs is 1. The Bertz CT molecular complexity index is 431. The summed E-state index contributed by atoms with van der Waals surface area (Å²) in [6, 6.07) is 7.35. The van der Waals surface area contributed by atoms with Crippen LogP contribution in [0.25, 0.3) is 11.0 Å². The molecule has 1 aromatic heterocycles. The molecule has 0 aliphatic heterocycles. The van der Waals surface area contributed by atoms with E-state index in [1.807, 2.05) is 24.3 Å². The van der Waals surface area contributed by atoms with Gasteiger partial charge in [0.05, 0.1) is 11.0 Å². The number of H-pyrrole nitrogens is 1. The van der Waals surface area contributed by atoms with E-state index in [9.17, 15) is 4.79 Å². The number of para-hydroxylation sites is 2. The number of nitrogens with one attached hydrogen (secondary N) is 1. The van der Waals surface area contributed by atoms with Crippen LogP contribution in [0.2, 0.25) is 0 Å². The molecule has 0 unspecified atom stereocenters. The Morgan fingerprint density at radius 2 is 2.29 bits per heavy atom. The quantitative estimate of drug-likeness (QED) is 0.539. The number of ether oxygens (including phenoxy) is 1. The average Bonchev–Trinajstić information content (AvgIpc) is 2.61. The van der Waals surface area contributed by atoms with Crippen LogP contribution in [0, 0.1) is 0 Å². The number of rotatable bonds is 2. The topological polar surface area (TPSA) is 81.0 Å². The molecule has 0 saturated carbocycles. The second-order valence-corrected chi connectivity index (χ2v) is 2.70. The van der Waals surface area contributed by atoms with Crippen LogP contribution in [-0.4, -0.2) is 22.7 Å². The van der Waals surface area contributed by atoms with Crippen molar-refractivity contribution in [1.29, 1.82) is 0 Å². The van der Waals surface area contributed by atoms with Gasteiger partial charge in [0.1, 0.15) is 6.73 Å². The molecule has 1 aromatic carbocycles. The molecule has 0 spiro atoms. The van der Waals surface area contributed by atoms with Crippen molar-refractivity contribution < 1.29 is 9.53 Å². The van der Waals surface area contributed by atoms with Crippen molar-refractivity contribution in [3.05, 3.63) is 30.1 Å². The highest BCUT2D eigenvalue weighted by molar-refractivity contribution is 5.90. The molecule has 0 fully saturated rings. The van der Waals surface area contributed by atoms with Crippen molar-refractivity contribution in [3.8, 4) is 0 Å². The van der Waals surface area contributed by atoms with E-state index in [0.29, 0.717) is 0 Å². The van der Waals surface area contributed by atoms with E-state index >= 15 is 0 Å². The molecular weight excluding hydrogens is 182 g/mol. The van der Waals surface area contributed by atoms with Gasteiger partial charge in [-0.1, -0.05) is 12.1 Å². The molecule has 2 aromatic rings. The number of benzene rings is 1. The lowest BCUT2D eigenvalue weighted by Gasteiger charge is -1.95. The lowest BCUT2D eigenvalue weighted by Crippen LogP contribution is -2.13. The number of carbonyl (C=O) groups excluding carboxylic acids is 1. The second kappa shape index (κ2) is 3.47. The average molecular weight is 191 g/mol. The molecule has 14 heavy (non-hydrogen) atoms. The zero-order chi connectivity index (χ0) is 9.97. The predicted molar refractivity (Wildman–Crippen MR) is 50.6 cm³/mol. The Morgan fingerprint density at radius 1 is 1.50 bits per heavy atom. The standard InChI is InChI=1S/C9H9N3O2/c10-5-14-9(13)8-11-6-3-1-2-4-7(6)12-8/h1-4H,5,10H2,(H,11,12). The molecule has 0 bridgehead atoms. The molecule has 0 aliphatic rings. The van der Waals surface area contributed by atoms with E-state index in [0.717, 1.165) is 11.0 Å². The number of aromatic nitrogens is 2. The molecule has 0 amide bonds. The van der Waals surface area contributed by atoms with Crippen molar-refractivity contribution in [3.63, 3.8) is 0 Å². The third kappa shape index (κ3) is 1.45. The molecular formula is C9H9N3O2. The number of nitrogens with two attached hydrogens (primary N) is 1. The monoisotopic (exact) mass is 191 g/mol. The van der Waals surface area contributed by atoms with Gasteiger partial charge in [-0.15, -0.1) is 0 Å². The summed E-state index contributed by atoms with van der Waals surface area (Å²) in [6.45, 7) is -0.143. The third-order valence-electron chi connectivity index (χ3n) is 1.80. The molecule has 72 valence electrons. The van der Waals surface area contributed by atoms with E-state index in [-0.39, 0.29) is 12.6 Å². The summed E-state index contributed by atoms with van der Waals surface area (Å²) in [4.78, 5) is 18.1. The number of aromatic amines is 1. The van der Waals surface area contributed by atoms with Crippen molar-refractivity contribution in [2.45, 2.75) is 0 Å². The fourth-order valence-electron chi connectivity index (χ4n) is 1.19. The minimum absolute atomic E-state index is 0.143. The Kier molecular flexibility index (Phi) is 2.16. The van der Waals surface area contributed by atoms with Gasteiger partial charge in [-0.05, 0) is 12.1 Å². The van der Waals surface area contributed by atoms with Gasteiger partial charge in [-0.25, -0.2) is 9.78 Å². The Labute approximate surface area is 79.9 Å². The SMILES string of the molecule is NCOC(=O)c1nc2ccccc2[nH]1. The molecule has 2 rings (SSSR count). The minimum atomic E-state index is -0.538. The molecule has 3 N–H and O–H groups in total. The van der Waals surface area contributed by atoms with Gasteiger partial charge < -0.3 is 9.72 Å². The fraction of sp³-hybridized carbons (Fsp3) is 0.111. The summed E-state index contributed by atoms with van der Waals surface area (Å²) in [6.07, 6.45) is 0. The number of esters is 1. The van der Waals surface area contributed by atoms with Crippen LogP contribution in [0.1, 0.15) is 10.6 Å². The first-order valence-corrected chi connectivity index (χ1v) is 4.13. The number of nitrogens with zero attached hydrogens (tertiary/aromatic N) is 1. The summed E-state index contributed by atoms with van der Waals surface area (Å²) in [5, 5.41) is 0. The van der Waals surface area contributed by atoms with E-state index < -0.39 is 5.97 Å². The van der Waals surface area contributed by atoms with E-state index in [4.69, 9.17) is 5.73 Å². The van der Waals surface area contributed by atoms with Crippen molar-refractivity contribution >= 4 is 17.0 Å². The Hall–Kier alpha value is -1.88. The van der Waals surface area contributed by atoms with Crippen molar-refractivity contribution in [1.82, 2.24) is 9.97 Å². The highest BCUT2D eigenvalue weighted by Gasteiger charge is 2.11. The Balaban J connectivity index is 2.40. The first-order valence-electron chi connectivity index (χ1n) is 4.13. The third-order valence-corrected chi connectivity index (χ3v) is 1.80. The van der Waals surface area contributed by atoms with Crippen LogP contribution in [0.3, 0.4) is 0 Å². The van der Waals surface area contributed by atoms with Crippen molar-refractivity contribution in [2.24, 2.45) is 5.73 Å². The number of carbonyl (C=O) groups is 1. The first kappa shape index (κ1) is 8.71. The highest BCUT2D eigenvalue weighted by atomic mass is 16.5. The predicted octanol–water partition coefficient (Wildman–Crippen LogP) is 0.636. The summed E-state index contributed by atoms with van der Waals surface area (Å²) in [7, 11) is 0. The van der Waals surface area contributed by atoms with Crippen LogP contribution in [0.5, 0.6) is 0 Å². The largest absolute Gasteiger partial charge is 0.444 e.